The lowest BCUT2D eigenvalue weighted by atomic mass is 9.75. The maximum atomic E-state index is 6.08. The van der Waals surface area contributed by atoms with Crippen LogP contribution in [0.3, 0.4) is 0 Å². The van der Waals surface area contributed by atoms with Crippen molar-refractivity contribution in [2.45, 2.75) is 46.1 Å². The average molecular weight is 293 g/mol. The van der Waals surface area contributed by atoms with Crippen LogP contribution in [-0.4, -0.2) is 21.1 Å². The smallest absolute Gasteiger partial charge is 0.232 e. The Labute approximate surface area is 126 Å². The van der Waals surface area contributed by atoms with E-state index in [1.165, 1.54) is 12.8 Å². The van der Waals surface area contributed by atoms with Crippen molar-refractivity contribution in [3.63, 3.8) is 0 Å². The third-order valence-electron chi connectivity index (χ3n) is 4.11. The molecule has 0 saturated heterocycles. The lowest BCUT2D eigenvalue weighted by Gasteiger charge is -2.36. The van der Waals surface area contributed by atoms with Crippen LogP contribution in [0.2, 0.25) is 0 Å². The maximum absolute atomic E-state index is 6.08. The molecule has 4 nitrogen and oxygen atoms in total. The number of rotatable bonds is 4. The number of aromatic nitrogens is 2. The second-order valence-electron chi connectivity index (χ2n) is 6.09. The number of nitrogens with two attached hydrogens (primary N) is 1. The van der Waals surface area contributed by atoms with Crippen molar-refractivity contribution in [2.75, 3.05) is 0 Å². The SMILES string of the molecule is CC1CCC(C(C)C)C(Oc2cnc(C(N)=S)cn2)C1. The van der Waals surface area contributed by atoms with Crippen LogP contribution in [0.15, 0.2) is 12.4 Å². The van der Waals surface area contributed by atoms with Crippen LogP contribution < -0.4 is 10.5 Å². The summed E-state index contributed by atoms with van der Waals surface area (Å²) in [6.45, 7) is 6.81. The highest BCUT2D eigenvalue weighted by Crippen LogP contribution is 2.35. The van der Waals surface area contributed by atoms with E-state index in [1.807, 2.05) is 0 Å². The van der Waals surface area contributed by atoms with Gasteiger partial charge < -0.3 is 10.5 Å². The molecule has 0 amide bonds. The molecule has 1 aromatic heterocycles. The van der Waals surface area contributed by atoms with Crippen LogP contribution in [0.25, 0.3) is 0 Å². The van der Waals surface area contributed by atoms with Gasteiger partial charge in [0.2, 0.25) is 5.88 Å². The van der Waals surface area contributed by atoms with E-state index in [2.05, 4.69) is 30.7 Å². The van der Waals surface area contributed by atoms with Crippen LogP contribution in [-0.2, 0) is 0 Å². The zero-order chi connectivity index (χ0) is 14.7. The predicted molar refractivity (Wildman–Crippen MR) is 83.7 cm³/mol. The summed E-state index contributed by atoms with van der Waals surface area (Å²) in [6, 6.07) is 0. The highest BCUT2D eigenvalue weighted by Gasteiger charge is 2.32. The van der Waals surface area contributed by atoms with E-state index < -0.39 is 0 Å². The number of ether oxygens (including phenoxy) is 1. The van der Waals surface area contributed by atoms with Gasteiger partial charge in [0.25, 0.3) is 0 Å². The first-order valence-electron chi connectivity index (χ1n) is 7.26. The highest BCUT2D eigenvalue weighted by molar-refractivity contribution is 7.80. The zero-order valence-electron chi connectivity index (χ0n) is 12.4. The molecule has 2 N–H and O–H groups in total. The quantitative estimate of drug-likeness (QED) is 0.865. The molecule has 0 spiro atoms. The van der Waals surface area contributed by atoms with E-state index in [0.29, 0.717) is 29.3 Å². The summed E-state index contributed by atoms with van der Waals surface area (Å²) in [4.78, 5) is 8.70. The Morgan fingerprint density at radius 2 is 2.10 bits per heavy atom. The van der Waals surface area contributed by atoms with Crippen molar-refractivity contribution in [3.8, 4) is 5.88 Å². The second kappa shape index (κ2) is 6.48. The Morgan fingerprint density at radius 3 is 2.65 bits per heavy atom. The molecule has 5 heteroatoms. The molecule has 0 bridgehead atoms. The topological polar surface area (TPSA) is 61.0 Å². The van der Waals surface area contributed by atoms with Gasteiger partial charge in [-0.15, -0.1) is 0 Å². The molecule has 0 aromatic carbocycles. The van der Waals surface area contributed by atoms with Crippen molar-refractivity contribution < 1.29 is 4.74 Å². The number of nitrogens with zero attached hydrogens (tertiary/aromatic N) is 2. The van der Waals surface area contributed by atoms with Gasteiger partial charge in [-0.05, 0) is 30.6 Å². The van der Waals surface area contributed by atoms with Crippen molar-refractivity contribution in [1.29, 1.82) is 0 Å². The average Bonchev–Trinajstić information content (AvgIpc) is 2.39. The summed E-state index contributed by atoms with van der Waals surface area (Å²) >= 11 is 4.87. The minimum Gasteiger partial charge on any atom is -0.473 e. The number of thiocarbonyl (C=S) groups is 1. The molecule has 1 fully saturated rings. The Kier molecular flexibility index (Phi) is 4.91. The van der Waals surface area contributed by atoms with Crippen molar-refractivity contribution >= 4 is 17.2 Å². The normalized spacial score (nSPS) is 26.5. The van der Waals surface area contributed by atoms with Gasteiger partial charge in [0.15, 0.2) is 0 Å². The fraction of sp³-hybridized carbons (Fsp3) is 0.667. The Morgan fingerprint density at radius 1 is 1.35 bits per heavy atom. The van der Waals surface area contributed by atoms with Crippen LogP contribution in [0.5, 0.6) is 5.88 Å². The molecule has 1 aliphatic carbocycles. The lowest BCUT2D eigenvalue weighted by Crippen LogP contribution is -2.36. The van der Waals surface area contributed by atoms with Gasteiger partial charge in [-0.1, -0.05) is 39.4 Å². The molecule has 1 heterocycles. The monoisotopic (exact) mass is 293 g/mol. The molecule has 1 aliphatic rings. The van der Waals surface area contributed by atoms with Gasteiger partial charge >= 0.3 is 0 Å². The molecule has 0 radical (unpaired) electrons. The van der Waals surface area contributed by atoms with E-state index in [4.69, 9.17) is 22.7 Å². The summed E-state index contributed by atoms with van der Waals surface area (Å²) in [5, 5.41) is 0. The first-order chi connectivity index (χ1) is 9.47. The van der Waals surface area contributed by atoms with E-state index >= 15 is 0 Å². The molecule has 3 unspecified atom stereocenters. The van der Waals surface area contributed by atoms with Gasteiger partial charge in [0.1, 0.15) is 16.8 Å². The van der Waals surface area contributed by atoms with Gasteiger partial charge in [-0.3, -0.25) is 0 Å². The van der Waals surface area contributed by atoms with E-state index in [0.717, 1.165) is 6.42 Å². The Bertz CT molecular complexity index is 461. The van der Waals surface area contributed by atoms with Crippen LogP contribution in [0.1, 0.15) is 45.7 Å². The number of hydrogen-bond donors (Lipinski definition) is 1. The van der Waals surface area contributed by atoms with Gasteiger partial charge in [-0.2, -0.15) is 0 Å². The molecule has 110 valence electrons. The summed E-state index contributed by atoms with van der Waals surface area (Å²) < 4.78 is 6.08. The second-order valence-corrected chi connectivity index (χ2v) is 6.53. The maximum Gasteiger partial charge on any atom is 0.232 e. The Hall–Kier alpha value is -1.23. The van der Waals surface area contributed by atoms with E-state index in [9.17, 15) is 0 Å². The first kappa shape index (κ1) is 15.2. The summed E-state index contributed by atoms with van der Waals surface area (Å²) in [7, 11) is 0. The zero-order valence-corrected chi connectivity index (χ0v) is 13.2. The van der Waals surface area contributed by atoms with E-state index in [-0.39, 0.29) is 11.1 Å². The van der Waals surface area contributed by atoms with Crippen LogP contribution >= 0.6 is 12.2 Å². The van der Waals surface area contributed by atoms with Gasteiger partial charge in [-0.25, -0.2) is 9.97 Å². The molecular formula is C15H23N3OS. The largest absolute Gasteiger partial charge is 0.473 e. The molecule has 20 heavy (non-hydrogen) atoms. The van der Waals surface area contributed by atoms with Gasteiger partial charge in [0, 0.05) is 0 Å². The fourth-order valence-electron chi connectivity index (χ4n) is 2.91. The fourth-order valence-corrected chi connectivity index (χ4v) is 3.02. The molecular weight excluding hydrogens is 270 g/mol. The predicted octanol–water partition coefficient (Wildman–Crippen LogP) is 2.95. The van der Waals surface area contributed by atoms with Gasteiger partial charge in [0.05, 0.1) is 12.4 Å². The Balaban J connectivity index is 2.07. The summed E-state index contributed by atoms with van der Waals surface area (Å²) in [5.74, 6) is 2.48. The number of hydrogen-bond acceptors (Lipinski definition) is 4. The molecule has 3 atom stereocenters. The summed E-state index contributed by atoms with van der Waals surface area (Å²) in [5.41, 5.74) is 6.05. The van der Waals surface area contributed by atoms with Crippen LogP contribution in [0, 0.1) is 17.8 Å². The third-order valence-corrected chi connectivity index (χ3v) is 4.32. The standard InChI is InChI=1S/C15H23N3OS/c1-9(2)11-5-4-10(3)6-13(11)19-14-8-17-12(7-18-14)15(16)20/h7-11,13H,4-6H2,1-3H3,(H2,16,20). The molecule has 1 saturated carbocycles. The highest BCUT2D eigenvalue weighted by atomic mass is 32.1. The molecule has 1 aromatic rings. The van der Waals surface area contributed by atoms with E-state index in [1.54, 1.807) is 12.4 Å². The minimum atomic E-state index is 0.226. The third kappa shape index (κ3) is 3.66. The first-order valence-corrected chi connectivity index (χ1v) is 7.66. The van der Waals surface area contributed by atoms with Crippen molar-refractivity contribution in [1.82, 2.24) is 9.97 Å². The van der Waals surface area contributed by atoms with Crippen molar-refractivity contribution in [2.24, 2.45) is 23.5 Å². The molecule has 2 rings (SSSR count). The van der Waals surface area contributed by atoms with Crippen molar-refractivity contribution in [3.05, 3.63) is 18.1 Å². The lowest BCUT2D eigenvalue weighted by molar-refractivity contribution is 0.0423. The minimum absolute atomic E-state index is 0.226. The van der Waals surface area contributed by atoms with Crippen LogP contribution in [0.4, 0.5) is 0 Å². The molecule has 0 aliphatic heterocycles. The summed E-state index contributed by atoms with van der Waals surface area (Å²) in [6.07, 6.45) is 7.02.